The molecule has 0 aromatic rings. The Morgan fingerprint density at radius 2 is 2.18 bits per heavy atom. The summed E-state index contributed by atoms with van der Waals surface area (Å²) in [6, 6.07) is 0. The largest absolute Gasteiger partial charge is 0.459 e. The van der Waals surface area contributed by atoms with Crippen LogP contribution in [0.15, 0.2) is 12.7 Å². The highest BCUT2D eigenvalue weighted by molar-refractivity contribution is 5.75. The van der Waals surface area contributed by atoms with E-state index in [1.54, 1.807) is 6.08 Å². The van der Waals surface area contributed by atoms with Crippen LogP contribution in [0.3, 0.4) is 0 Å². The van der Waals surface area contributed by atoms with Crippen molar-refractivity contribution in [1.29, 1.82) is 0 Å². The second-order valence-electron chi connectivity index (χ2n) is 4.36. The summed E-state index contributed by atoms with van der Waals surface area (Å²) in [6.07, 6.45) is 2.88. The van der Waals surface area contributed by atoms with E-state index in [0.29, 0.717) is 6.61 Å². The summed E-state index contributed by atoms with van der Waals surface area (Å²) < 4.78 is 5.39. The molecule has 0 aromatic heterocycles. The van der Waals surface area contributed by atoms with Gasteiger partial charge < -0.3 is 4.74 Å². The smallest absolute Gasteiger partial charge is 0.309 e. The lowest BCUT2D eigenvalue weighted by Gasteiger charge is -2.23. The third kappa shape index (κ3) is 3.30. The highest BCUT2D eigenvalue weighted by atomic mass is 17.2. The summed E-state index contributed by atoms with van der Waals surface area (Å²) in [5.41, 5.74) is 0. The van der Waals surface area contributed by atoms with E-state index in [1.807, 2.05) is 13.8 Å². The molecular formula is C13H22O4. The van der Waals surface area contributed by atoms with Crippen LogP contribution in [0.1, 0.15) is 33.6 Å². The number of ether oxygens (including phenoxy) is 1. The van der Waals surface area contributed by atoms with E-state index >= 15 is 0 Å². The number of carbonyl (C=O) groups is 1. The predicted octanol–water partition coefficient (Wildman–Crippen LogP) is 2.49. The Labute approximate surface area is 103 Å². The van der Waals surface area contributed by atoms with Gasteiger partial charge in [0.2, 0.25) is 0 Å². The minimum atomic E-state index is -0.250. The van der Waals surface area contributed by atoms with Crippen LogP contribution in [0.4, 0.5) is 0 Å². The summed E-state index contributed by atoms with van der Waals surface area (Å²) in [5, 5.41) is 0. The van der Waals surface area contributed by atoms with Crippen molar-refractivity contribution in [2.45, 2.75) is 45.8 Å². The van der Waals surface area contributed by atoms with Crippen LogP contribution in [0.2, 0.25) is 0 Å². The van der Waals surface area contributed by atoms with Crippen LogP contribution in [0, 0.1) is 11.8 Å². The summed E-state index contributed by atoms with van der Waals surface area (Å²) in [4.78, 5) is 21.8. The molecule has 0 saturated carbocycles. The topological polar surface area (TPSA) is 44.8 Å². The third-order valence-electron chi connectivity index (χ3n) is 3.27. The zero-order chi connectivity index (χ0) is 12.8. The lowest BCUT2D eigenvalue weighted by molar-refractivity contribution is -0.328. The fraction of sp³-hybridized carbons (Fsp3) is 0.769. The summed E-state index contributed by atoms with van der Waals surface area (Å²) >= 11 is 0. The van der Waals surface area contributed by atoms with Gasteiger partial charge >= 0.3 is 5.97 Å². The normalized spacial score (nSPS) is 30.1. The van der Waals surface area contributed by atoms with Gasteiger partial charge in [-0.3, -0.25) is 4.79 Å². The average Bonchev–Trinajstić information content (AvgIpc) is 2.65. The van der Waals surface area contributed by atoms with E-state index in [1.165, 1.54) is 0 Å². The summed E-state index contributed by atoms with van der Waals surface area (Å²) in [5.74, 6) is 0.105. The first-order chi connectivity index (χ1) is 8.15. The average molecular weight is 242 g/mol. The van der Waals surface area contributed by atoms with Crippen molar-refractivity contribution < 1.29 is 19.3 Å². The molecule has 4 unspecified atom stereocenters. The van der Waals surface area contributed by atoms with Crippen LogP contribution in [-0.4, -0.2) is 24.8 Å². The first-order valence-electron chi connectivity index (χ1n) is 6.25. The molecule has 0 amide bonds. The van der Waals surface area contributed by atoms with Gasteiger partial charge in [0.05, 0.1) is 5.92 Å². The van der Waals surface area contributed by atoms with Crippen molar-refractivity contribution in [2.24, 2.45) is 11.8 Å². The monoisotopic (exact) mass is 242 g/mol. The highest BCUT2D eigenvalue weighted by Crippen LogP contribution is 2.35. The van der Waals surface area contributed by atoms with E-state index in [0.717, 1.165) is 12.8 Å². The molecule has 1 aliphatic rings. The van der Waals surface area contributed by atoms with E-state index in [2.05, 4.69) is 13.5 Å². The van der Waals surface area contributed by atoms with Crippen molar-refractivity contribution in [3.05, 3.63) is 12.7 Å². The molecule has 1 saturated heterocycles. The molecule has 0 radical (unpaired) electrons. The molecule has 0 N–H and O–H groups in total. The van der Waals surface area contributed by atoms with E-state index < -0.39 is 0 Å². The fourth-order valence-electron chi connectivity index (χ4n) is 2.39. The van der Waals surface area contributed by atoms with Crippen molar-refractivity contribution in [3.63, 3.8) is 0 Å². The molecule has 1 aliphatic heterocycles. The molecule has 0 bridgehead atoms. The van der Waals surface area contributed by atoms with Crippen LogP contribution in [-0.2, 0) is 19.3 Å². The molecule has 4 nitrogen and oxygen atoms in total. The molecule has 0 aromatic carbocycles. The van der Waals surface area contributed by atoms with Gasteiger partial charge in [0.1, 0.15) is 18.8 Å². The number of cyclic esters (lactones) is 1. The maximum absolute atomic E-state index is 11.7. The van der Waals surface area contributed by atoms with Crippen LogP contribution in [0.25, 0.3) is 0 Å². The van der Waals surface area contributed by atoms with Gasteiger partial charge in [-0.2, -0.15) is 0 Å². The summed E-state index contributed by atoms with van der Waals surface area (Å²) in [6.45, 7) is 9.81. The van der Waals surface area contributed by atoms with Crippen molar-refractivity contribution in [3.8, 4) is 0 Å². The lowest BCUT2D eigenvalue weighted by atomic mass is 9.85. The van der Waals surface area contributed by atoms with E-state index in [9.17, 15) is 4.79 Å². The molecule has 1 rings (SSSR count). The minimum absolute atomic E-state index is 0.00421. The highest BCUT2D eigenvalue weighted by Gasteiger charge is 2.45. The zero-order valence-electron chi connectivity index (χ0n) is 10.8. The predicted molar refractivity (Wildman–Crippen MR) is 64.1 cm³/mol. The molecule has 4 atom stereocenters. The number of esters is 1. The Kier molecular flexibility index (Phi) is 5.65. The van der Waals surface area contributed by atoms with Gasteiger partial charge in [-0.1, -0.05) is 19.9 Å². The second-order valence-corrected chi connectivity index (χ2v) is 4.36. The minimum Gasteiger partial charge on any atom is -0.459 e. The van der Waals surface area contributed by atoms with Crippen molar-refractivity contribution in [1.82, 2.24) is 0 Å². The second kappa shape index (κ2) is 6.77. The molecule has 17 heavy (non-hydrogen) atoms. The van der Waals surface area contributed by atoms with Crippen molar-refractivity contribution in [2.75, 3.05) is 6.61 Å². The van der Waals surface area contributed by atoms with E-state index in [-0.39, 0.29) is 30.0 Å². The van der Waals surface area contributed by atoms with Gasteiger partial charge in [-0.05, 0) is 19.8 Å². The Hall–Kier alpha value is -0.870. The first kappa shape index (κ1) is 14.2. The quantitative estimate of drug-likeness (QED) is 0.226. The Bertz CT molecular complexity index is 264. The number of hydrogen-bond acceptors (Lipinski definition) is 4. The first-order valence-corrected chi connectivity index (χ1v) is 6.25. The third-order valence-corrected chi connectivity index (χ3v) is 3.27. The summed E-state index contributed by atoms with van der Waals surface area (Å²) in [7, 11) is 0. The fourth-order valence-corrected chi connectivity index (χ4v) is 2.39. The van der Waals surface area contributed by atoms with Gasteiger partial charge in [0.15, 0.2) is 0 Å². The maximum Gasteiger partial charge on any atom is 0.309 e. The van der Waals surface area contributed by atoms with Gasteiger partial charge in [-0.15, -0.1) is 6.58 Å². The Morgan fingerprint density at radius 1 is 1.47 bits per heavy atom. The molecule has 0 aliphatic carbocycles. The van der Waals surface area contributed by atoms with E-state index in [4.69, 9.17) is 14.5 Å². The Morgan fingerprint density at radius 3 is 2.71 bits per heavy atom. The number of hydrogen-bond donors (Lipinski definition) is 0. The SMILES string of the molecule is C=CCOOC(C)C1OC(=O)C(CC)C1CC. The zero-order valence-corrected chi connectivity index (χ0v) is 10.8. The van der Waals surface area contributed by atoms with Gasteiger partial charge in [-0.25, -0.2) is 9.78 Å². The molecule has 1 fully saturated rings. The lowest BCUT2D eigenvalue weighted by Crippen LogP contribution is -2.32. The van der Waals surface area contributed by atoms with Gasteiger partial charge in [0, 0.05) is 5.92 Å². The standard InChI is InChI=1S/C13H22O4/c1-5-8-15-17-9(4)12-10(6-2)11(7-3)13(14)16-12/h5,9-12H,1,6-8H2,2-4H3. The molecule has 0 spiro atoms. The Balaban J connectivity index is 2.57. The maximum atomic E-state index is 11.7. The number of rotatable bonds is 7. The number of carbonyl (C=O) groups excluding carboxylic acids is 1. The van der Waals surface area contributed by atoms with Crippen LogP contribution in [0.5, 0.6) is 0 Å². The van der Waals surface area contributed by atoms with Crippen LogP contribution < -0.4 is 0 Å². The van der Waals surface area contributed by atoms with Crippen molar-refractivity contribution >= 4 is 5.97 Å². The molecule has 1 heterocycles. The van der Waals surface area contributed by atoms with Gasteiger partial charge in [0.25, 0.3) is 0 Å². The van der Waals surface area contributed by atoms with Crippen LogP contribution >= 0.6 is 0 Å². The molecule has 4 heteroatoms. The molecular weight excluding hydrogens is 220 g/mol. The molecule has 98 valence electrons.